The van der Waals surface area contributed by atoms with E-state index in [0.717, 1.165) is 36.1 Å². The minimum Gasteiger partial charge on any atom is -0.349 e. The summed E-state index contributed by atoms with van der Waals surface area (Å²) in [4.78, 5) is 17.3. The fourth-order valence-electron chi connectivity index (χ4n) is 4.56. The maximum absolute atomic E-state index is 12.7. The third kappa shape index (κ3) is 3.48. The first kappa shape index (κ1) is 18.4. The second-order valence-corrected chi connectivity index (χ2v) is 10.0. The number of nitrogens with one attached hydrogen (secondary N) is 1. The Balaban J connectivity index is 1.59. The highest BCUT2D eigenvalue weighted by atomic mass is 32.2. The molecule has 2 aliphatic rings. The van der Waals surface area contributed by atoms with Gasteiger partial charge in [-0.15, -0.1) is 0 Å². The fraction of sp³-hybridized carbons (Fsp3) is 0.579. The number of hydrogen-bond donors (Lipinski definition) is 2. The third-order valence-corrected chi connectivity index (χ3v) is 7.73. The van der Waals surface area contributed by atoms with Crippen LogP contribution in [0, 0.1) is 12.8 Å². The summed E-state index contributed by atoms with van der Waals surface area (Å²) >= 11 is 0. The van der Waals surface area contributed by atoms with E-state index in [1.807, 2.05) is 17.6 Å². The molecule has 0 bridgehead atoms. The standard InChI is InChI=1S/C19H26N4O3S/c1-12-21-17-9-13(19(24)22-16-4-2-3-14(16)10-20)5-6-18(17)23(12)15-7-8-27(25,26)11-15/h5-6,9,14-16H,2-4,7-8,10-11,20H2,1H3,(H,22,24)/t14-,15+,16-/m1/s1. The van der Waals surface area contributed by atoms with E-state index in [9.17, 15) is 13.2 Å². The smallest absolute Gasteiger partial charge is 0.251 e. The van der Waals surface area contributed by atoms with E-state index >= 15 is 0 Å². The molecule has 8 heteroatoms. The molecule has 27 heavy (non-hydrogen) atoms. The largest absolute Gasteiger partial charge is 0.349 e. The average molecular weight is 391 g/mol. The lowest BCUT2D eigenvalue weighted by atomic mass is 10.0. The Morgan fingerprint density at radius 1 is 1.33 bits per heavy atom. The second kappa shape index (κ2) is 6.91. The minimum absolute atomic E-state index is 0.0801. The van der Waals surface area contributed by atoms with Crippen molar-refractivity contribution in [1.82, 2.24) is 14.9 Å². The van der Waals surface area contributed by atoms with Crippen LogP contribution in [-0.2, 0) is 9.84 Å². The molecule has 1 amide bonds. The van der Waals surface area contributed by atoms with Gasteiger partial charge in [0, 0.05) is 11.6 Å². The lowest BCUT2D eigenvalue weighted by Gasteiger charge is -2.19. The van der Waals surface area contributed by atoms with Crippen LogP contribution in [0.1, 0.15) is 47.9 Å². The van der Waals surface area contributed by atoms with E-state index in [0.29, 0.717) is 24.4 Å². The summed E-state index contributed by atoms with van der Waals surface area (Å²) in [5.74, 6) is 1.41. The molecule has 3 atom stereocenters. The quantitative estimate of drug-likeness (QED) is 0.824. The van der Waals surface area contributed by atoms with Gasteiger partial charge in [-0.3, -0.25) is 4.79 Å². The van der Waals surface area contributed by atoms with Crippen LogP contribution in [0.15, 0.2) is 18.2 Å². The number of nitrogens with zero attached hydrogens (tertiary/aromatic N) is 2. The SMILES string of the molecule is Cc1nc2cc(C(=O)N[C@@H]3CCC[C@@H]3CN)ccc2n1[C@H]1CCS(=O)(=O)C1. The summed E-state index contributed by atoms with van der Waals surface area (Å²) in [6, 6.07) is 5.53. The molecule has 7 nitrogen and oxygen atoms in total. The molecule has 1 saturated heterocycles. The van der Waals surface area contributed by atoms with Gasteiger partial charge in [0.2, 0.25) is 0 Å². The monoisotopic (exact) mass is 390 g/mol. The van der Waals surface area contributed by atoms with E-state index < -0.39 is 9.84 Å². The van der Waals surface area contributed by atoms with Gasteiger partial charge < -0.3 is 15.6 Å². The van der Waals surface area contributed by atoms with Crippen molar-refractivity contribution in [2.24, 2.45) is 11.7 Å². The highest BCUT2D eigenvalue weighted by molar-refractivity contribution is 7.91. The molecule has 1 aromatic carbocycles. The fourth-order valence-corrected chi connectivity index (χ4v) is 6.26. The summed E-state index contributed by atoms with van der Waals surface area (Å²) in [6.45, 7) is 2.48. The normalized spacial score (nSPS) is 27.3. The van der Waals surface area contributed by atoms with Crippen molar-refractivity contribution < 1.29 is 13.2 Å². The lowest BCUT2D eigenvalue weighted by molar-refractivity contribution is 0.0929. The number of amides is 1. The van der Waals surface area contributed by atoms with Crippen LogP contribution >= 0.6 is 0 Å². The molecule has 1 saturated carbocycles. The number of carbonyl (C=O) groups is 1. The predicted molar refractivity (Wildman–Crippen MR) is 104 cm³/mol. The van der Waals surface area contributed by atoms with E-state index in [1.54, 1.807) is 12.1 Å². The van der Waals surface area contributed by atoms with Crippen molar-refractivity contribution in [2.45, 2.75) is 44.7 Å². The van der Waals surface area contributed by atoms with E-state index in [1.165, 1.54) is 0 Å². The first-order valence-electron chi connectivity index (χ1n) is 9.58. The van der Waals surface area contributed by atoms with E-state index in [4.69, 9.17) is 5.73 Å². The number of nitrogens with two attached hydrogens (primary N) is 1. The van der Waals surface area contributed by atoms with E-state index in [2.05, 4.69) is 10.3 Å². The van der Waals surface area contributed by atoms with Crippen LogP contribution in [0.3, 0.4) is 0 Å². The Morgan fingerprint density at radius 3 is 2.85 bits per heavy atom. The lowest BCUT2D eigenvalue weighted by Crippen LogP contribution is -2.39. The number of carbonyl (C=O) groups excluding carboxylic acids is 1. The molecule has 146 valence electrons. The average Bonchev–Trinajstić information content (AvgIpc) is 3.30. The molecule has 0 unspecified atom stereocenters. The molecule has 4 rings (SSSR count). The second-order valence-electron chi connectivity index (χ2n) is 7.80. The molecule has 1 aromatic heterocycles. The zero-order valence-corrected chi connectivity index (χ0v) is 16.3. The minimum atomic E-state index is -2.97. The number of fused-ring (bicyclic) bond motifs is 1. The van der Waals surface area contributed by atoms with Crippen LogP contribution < -0.4 is 11.1 Å². The van der Waals surface area contributed by atoms with Crippen molar-refractivity contribution in [2.75, 3.05) is 18.1 Å². The zero-order chi connectivity index (χ0) is 19.2. The summed E-state index contributed by atoms with van der Waals surface area (Å²) < 4.78 is 25.7. The van der Waals surface area contributed by atoms with Crippen LogP contribution in [0.25, 0.3) is 11.0 Å². The highest BCUT2D eigenvalue weighted by Crippen LogP contribution is 2.30. The van der Waals surface area contributed by atoms with Crippen molar-refractivity contribution >= 4 is 26.8 Å². The van der Waals surface area contributed by atoms with Crippen molar-refractivity contribution in [3.05, 3.63) is 29.6 Å². The maximum Gasteiger partial charge on any atom is 0.251 e. The molecule has 0 spiro atoms. The highest BCUT2D eigenvalue weighted by Gasteiger charge is 2.31. The van der Waals surface area contributed by atoms with Gasteiger partial charge in [-0.25, -0.2) is 13.4 Å². The Kier molecular flexibility index (Phi) is 4.71. The van der Waals surface area contributed by atoms with Gasteiger partial charge in [0.25, 0.3) is 5.91 Å². The van der Waals surface area contributed by atoms with Crippen LogP contribution in [0.5, 0.6) is 0 Å². The van der Waals surface area contributed by atoms with Crippen molar-refractivity contribution in [1.29, 1.82) is 0 Å². The number of aromatic nitrogens is 2. The van der Waals surface area contributed by atoms with Crippen LogP contribution in [0.2, 0.25) is 0 Å². The number of sulfone groups is 1. The molecule has 3 N–H and O–H groups in total. The van der Waals surface area contributed by atoms with Gasteiger partial charge in [0.1, 0.15) is 5.82 Å². The Hall–Kier alpha value is -1.93. The van der Waals surface area contributed by atoms with Crippen molar-refractivity contribution in [3.63, 3.8) is 0 Å². The molecule has 1 aliphatic heterocycles. The molecule has 1 aliphatic carbocycles. The molecule has 2 heterocycles. The summed E-state index contributed by atoms with van der Waals surface area (Å²) in [5, 5.41) is 3.12. The maximum atomic E-state index is 12.7. The van der Waals surface area contributed by atoms with Gasteiger partial charge >= 0.3 is 0 Å². The number of rotatable bonds is 4. The number of benzene rings is 1. The molecule has 2 fully saturated rings. The predicted octanol–water partition coefficient (Wildman–Crippen LogP) is 1.56. The zero-order valence-electron chi connectivity index (χ0n) is 15.5. The van der Waals surface area contributed by atoms with Crippen LogP contribution in [-0.4, -0.2) is 48.0 Å². The number of imidazole rings is 1. The number of aryl methyl sites for hydroxylation is 1. The molecular formula is C19H26N4O3S. The Bertz CT molecular complexity index is 982. The van der Waals surface area contributed by atoms with Gasteiger partial charge in [0.15, 0.2) is 9.84 Å². The molecule has 0 radical (unpaired) electrons. The summed E-state index contributed by atoms with van der Waals surface area (Å²) in [5.41, 5.74) is 7.99. The third-order valence-electron chi connectivity index (χ3n) is 5.98. The van der Waals surface area contributed by atoms with Gasteiger partial charge in [0.05, 0.1) is 28.6 Å². The topological polar surface area (TPSA) is 107 Å². The van der Waals surface area contributed by atoms with Gasteiger partial charge in [-0.2, -0.15) is 0 Å². The van der Waals surface area contributed by atoms with Crippen molar-refractivity contribution in [3.8, 4) is 0 Å². The molecule has 2 aromatic rings. The van der Waals surface area contributed by atoms with Gasteiger partial charge in [-0.1, -0.05) is 6.42 Å². The van der Waals surface area contributed by atoms with Crippen LogP contribution in [0.4, 0.5) is 0 Å². The Labute approximate surface area is 159 Å². The first-order chi connectivity index (χ1) is 12.9. The summed E-state index contributed by atoms with van der Waals surface area (Å²) in [7, 11) is -2.97. The van der Waals surface area contributed by atoms with Gasteiger partial charge in [-0.05, 0) is 56.8 Å². The number of hydrogen-bond acceptors (Lipinski definition) is 5. The van der Waals surface area contributed by atoms with E-state index in [-0.39, 0.29) is 29.5 Å². The first-order valence-corrected chi connectivity index (χ1v) is 11.4. The summed E-state index contributed by atoms with van der Waals surface area (Å²) in [6.07, 6.45) is 3.74. The molecular weight excluding hydrogens is 364 g/mol. The Morgan fingerprint density at radius 2 is 2.15 bits per heavy atom.